The van der Waals surface area contributed by atoms with Crippen LogP contribution in [0.15, 0.2) is 16.9 Å². The van der Waals surface area contributed by atoms with Crippen molar-refractivity contribution >= 4 is 27.0 Å². The highest BCUT2D eigenvalue weighted by molar-refractivity contribution is 9.10. The zero-order valence-corrected chi connectivity index (χ0v) is 9.58. The number of halogens is 1. The van der Waals surface area contributed by atoms with Crippen LogP contribution in [0.3, 0.4) is 0 Å². The summed E-state index contributed by atoms with van der Waals surface area (Å²) in [6.07, 6.45) is 1.86. The molecule has 0 aliphatic rings. The number of fused-ring (bicyclic) bond motifs is 1. The Labute approximate surface area is 90.0 Å². The van der Waals surface area contributed by atoms with Crippen molar-refractivity contribution in [2.45, 2.75) is 6.92 Å². The van der Waals surface area contributed by atoms with Crippen LogP contribution in [0.2, 0.25) is 0 Å². The van der Waals surface area contributed by atoms with Crippen molar-refractivity contribution in [1.82, 2.24) is 14.8 Å². The molecule has 0 saturated carbocycles. The van der Waals surface area contributed by atoms with E-state index < -0.39 is 0 Å². The summed E-state index contributed by atoms with van der Waals surface area (Å²) in [6, 6.07) is 1.83. The van der Waals surface area contributed by atoms with Crippen LogP contribution in [0.25, 0.3) is 11.0 Å². The lowest BCUT2D eigenvalue weighted by molar-refractivity contribution is 0.343. The predicted octanol–water partition coefficient (Wildman–Crippen LogP) is 2.13. The normalized spacial score (nSPS) is 10.8. The van der Waals surface area contributed by atoms with Crippen LogP contribution in [-0.4, -0.2) is 21.4 Å². The van der Waals surface area contributed by atoms with Gasteiger partial charge in [0.15, 0.2) is 11.3 Å². The molecule has 0 atom stereocenters. The molecular weight excluding hydrogens is 246 g/mol. The number of aryl methyl sites for hydroxylation is 1. The molecule has 0 radical (unpaired) electrons. The summed E-state index contributed by atoms with van der Waals surface area (Å²) in [5, 5.41) is 4.28. The van der Waals surface area contributed by atoms with Gasteiger partial charge in [-0.1, -0.05) is 0 Å². The number of ether oxygens (including phenoxy) is 1. The molecule has 0 aromatic carbocycles. The summed E-state index contributed by atoms with van der Waals surface area (Å²) in [5.74, 6) is 0.768. The summed E-state index contributed by atoms with van der Waals surface area (Å²) >= 11 is 3.33. The average Bonchev–Trinajstić information content (AvgIpc) is 2.45. The van der Waals surface area contributed by atoms with Gasteiger partial charge in [0.1, 0.15) is 10.1 Å². The van der Waals surface area contributed by atoms with E-state index in [9.17, 15) is 0 Å². The van der Waals surface area contributed by atoms with E-state index in [1.165, 1.54) is 0 Å². The van der Waals surface area contributed by atoms with Crippen molar-refractivity contribution in [2.75, 3.05) is 6.61 Å². The van der Waals surface area contributed by atoms with Gasteiger partial charge in [0, 0.05) is 13.1 Å². The Bertz CT molecular complexity index is 466. The highest BCUT2D eigenvalue weighted by Crippen LogP contribution is 2.25. The molecule has 4 nitrogen and oxygen atoms in total. The Balaban J connectivity index is 2.66. The highest BCUT2D eigenvalue weighted by Gasteiger charge is 2.08. The first-order valence-corrected chi connectivity index (χ1v) is 5.12. The van der Waals surface area contributed by atoms with Gasteiger partial charge in [-0.15, -0.1) is 0 Å². The summed E-state index contributed by atoms with van der Waals surface area (Å²) in [5.41, 5.74) is 1.64. The number of pyridine rings is 1. The molecule has 2 heterocycles. The third-order valence-corrected chi connectivity index (χ3v) is 2.23. The first-order valence-electron chi connectivity index (χ1n) is 4.33. The second-order valence-electron chi connectivity index (χ2n) is 2.91. The van der Waals surface area contributed by atoms with Crippen molar-refractivity contribution in [3.63, 3.8) is 0 Å². The van der Waals surface area contributed by atoms with E-state index in [1.54, 1.807) is 4.68 Å². The van der Waals surface area contributed by atoms with Crippen LogP contribution in [0.4, 0.5) is 0 Å². The van der Waals surface area contributed by atoms with Crippen molar-refractivity contribution < 1.29 is 4.74 Å². The molecule has 14 heavy (non-hydrogen) atoms. The molecule has 2 aromatic heterocycles. The standard InChI is InChI=1S/C9H10BrN3O/c1-3-14-7-4-8(10)11-6-5-13(2)12-9(6)7/h4-5H,3H2,1-2H3. The van der Waals surface area contributed by atoms with Crippen molar-refractivity contribution in [1.29, 1.82) is 0 Å². The predicted molar refractivity (Wildman–Crippen MR) is 57.4 cm³/mol. The first kappa shape index (κ1) is 9.45. The van der Waals surface area contributed by atoms with Crippen molar-refractivity contribution in [3.8, 4) is 5.75 Å². The van der Waals surface area contributed by atoms with Gasteiger partial charge >= 0.3 is 0 Å². The number of hydrogen-bond acceptors (Lipinski definition) is 3. The number of hydrogen-bond donors (Lipinski definition) is 0. The molecule has 0 aliphatic heterocycles. The lowest BCUT2D eigenvalue weighted by Gasteiger charge is -2.02. The van der Waals surface area contributed by atoms with Crippen LogP contribution < -0.4 is 4.74 Å². The molecule has 0 fully saturated rings. The van der Waals surface area contributed by atoms with Gasteiger partial charge < -0.3 is 4.74 Å². The Kier molecular flexibility index (Phi) is 2.41. The molecule has 2 rings (SSSR count). The maximum Gasteiger partial charge on any atom is 0.153 e. The lowest BCUT2D eigenvalue weighted by atomic mass is 10.3. The first-order chi connectivity index (χ1) is 6.70. The van der Waals surface area contributed by atoms with E-state index in [4.69, 9.17) is 4.74 Å². The Morgan fingerprint density at radius 3 is 3.07 bits per heavy atom. The monoisotopic (exact) mass is 255 g/mol. The largest absolute Gasteiger partial charge is 0.491 e. The quantitative estimate of drug-likeness (QED) is 0.773. The zero-order chi connectivity index (χ0) is 10.1. The lowest BCUT2D eigenvalue weighted by Crippen LogP contribution is -1.94. The van der Waals surface area contributed by atoms with Crippen LogP contribution in [0.5, 0.6) is 5.75 Å². The van der Waals surface area contributed by atoms with E-state index in [2.05, 4.69) is 26.0 Å². The van der Waals surface area contributed by atoms with Gasteiger partial charge in [0.05, 0.1) is 12.8 Å². The van der Waals surface area contributed by atoms with E-state index in [0.717, 1.165) is 21.4 Å². The van der Waals surface area contributed by atoms with Crippen LogP contribution >= 0.6 is 15.9 Å². The van der Waals surface area contributed by atoms with E-state index >= 15 is 0 Å². The third-order valence-electron chi connectivity index (χ3n) is 1.82. The molecule has 0 aliphatic carbocycles. The fraction of sp³-hybridized carbons (Fsp3) is 0.333. The van der Waals surface area contributed by atoms with Crippen molar-refractivity contribution in [2.24, 2.45) is 7.05 Å². The fourth-order valence-corrected chi connectivity index (χ4v) is 1.72. The van der Waals surface area contributed by atoms with Crippen LogP contribution in [0.1, 0.15) is 6.92 Å². The molecule has 74 valence electrons. The van der Waals surface area contributed by atoms with Gasteiger partial charge in [0.25, 0.3) is 0 Å². The molecular formula is C9H10BrN3O. The van der Waals surface area contributed by atoms with Gasteiger partial charge in [-0.2, -0.15) is 5.10 Å². The molecule has 0 spiro atoms. The molecule has 0 saturated heterocycles. The second-order valence-corrected chi connectivity index (χ2v) is 3.73. The smallest absolute Gasteiger partial charge is 0.153 e. The topological polar surface area (TPSA) is 39.9 Å². The number of nitrogens with zero attached hydrogens (tertiary/aromatic N) is 3. The highest BCUT2D eigenvalue weighted by atomic mass is 79.9. The van der Waals surface area contributed by atoms with Crippen LogP contribution in [-0.2, 0) is 7.05 Å². The zero-order valence-electron chi connectivity index (χ0n) is 7.99. The SMILES string of the molecule is CCOc1cc(Br)nc2cn(C)nc12. The molecule has 0 amide bonds. The van der Waals surface area contributed by atoms with Gasteiger partial charge in [-0.25, -0.2) is 4.98 Å². The van der Waals surface area contributed by atoms with E-state index in [0.29, 0.717) is 6.61 Å². The summed E-state index contributed by atoms with van der Waals surface area (Å²) < 4.78 is 7.96. The Hall–Kier alpha value is -1.10. The molecule has 5 heteroatoms. The summed E-state index contributed by atoms with van der Waals surface area (Å²) in [7, 11) is 1.87. The summed E-state index contributed by atoms with van der Waals surface area (Å²) in [6.45, 7) is 2.57. The maximum atomic E-state index is 5.47. The second kappa shape index (κ2) is 3.57. The minimum absolute atomic E-state index is 0.627. The molecule has 0 unspecified atom stereocenters. The molecule has 0 bridgehead atoms. The van der Waals surface area contributed by atoms with E-state index in [1.807, 2.05) is 26.2 Å². The Morgan fingerprint density at radius 1 is 1.57 bits per heavy atom. The third kappa shape index (κ3) is 1.59. The average molecular weight is 256 g/mol. The molecule has 2 aromatic rings. The van der Waals surface area contributed by atoms with Gasteiger partial charge in [-0.3, -0.25) is 4.68 Å². The fourth-order valence-electron chi connectivity index (χ4n) is 1.32. The van der Waals surface area contributed by atoms with E-state index in [-0.39, 0.29) is 0 Å². The minimum Gasteiger partial charge on any atom is -0.491 e. The van der Waals surface area contributed by atoms with Gasteiger partial charge in [-0.05, 0) is 22.9 Å². The van der Waals surface area contributed by atoms with Gasteiger partial charge in [0.2, 0.25) is 0 Å². The molecule has 0 N–H and O–H groups in total. The minimum atomic E-state index is 0.627. The maximum absolute atomic E-state index is 5.47. The van der Waals surface area contributed by atoms with Crippen molar-refractivity contribution in [3.05, 3.63) is 16.9 Å². The van der Waals surface area contributed by atoms with Crippen LogP contribution in [0, 0.1) is 0 Å². The number of aromatic nitrogens is 3. The summed E-state index contributed by atoms with van der Waals surface area (Å²) in [4.78, 5) is 4.29. The Morgan fingerprint density at radius 2 is 2.36 bits per heavy atom. The number of rotatable bonds is 2.